The average Bonchev–Trinajstić information content (AvgIpc) is 2.62. The number of nitrogens with zero attached hydrogens (tertiary/aromatic N) is 2. The van der Waals surface area contributed by atoms with Crippen LogP contribution < -0.4 is 4.90 Å². The standard InChI is InChI=1S/C22H24N2/c1-16(2)22-17(3)20(15-23)21(24-12-8-5-9-13-24)14-19(22)18-10-6-4-7-11-18/h4,6-7,10-11,14H,1,5,8-9,12-13H2,2-3H3. The Morgan fingerprint density at radius 2 is 1.79 bits per heavy atom. The van der Waals surface area contributed by atoms with E-state index in [2.05, 4.69) is 54.8 Å². The zero-order valence-electron chi connectivity index (χ0n) is 14.6. The second kappa shape index (κ2) is 6.93. The first-order valence-electron chi connectivity index (χ1n) is 8.67. The van der Waals surface area contributed by atoms with Gasteiger partial charge in [0.25, 0.3) is 0 Å². The van der Waals surface area contributed by atoms with E-state index in [1.807, 2.05) is 13.0 Å². The highest BCUT2D eigenvalue weighted by Gasteiger charge is 2.21. The van der Waals surface area contributed by atoms with Crippen molar-refractivity contribution in [1.82, 2.24) is 0 Å². The molecule has 0 N–H and O–H groups in total. The number of nitriles is 1. The molecule has 2 aromatic carbocycles. The number of hydrogen-bond acceptors (Lipinski definition) is 2. The number of anilines is 1. The molecule has 0 spiro atoms. The topological polar surface area (TPSA) is 27.0 Å². The predicted molar refractivity (Wildman–Crippen MR) is 102 cm³/mol. The van der Waals surface area contributed by atoms with Gasteiger partial charge in [-0.2, -0.15) is 5.26 Å². The zero-order valence-corrected chi connectivity index (χ0v) is 14.6. The molecule has 122 valence electrons. The lowest BCUT2D eigenvalue weighted by molar-refractivity contribution is 0.577. The molecular formula is C22H24N2. The van der Waals surface area contributed by atoms with Crippen molar-refractivity contribution in [3.63, 3.8) is 0 Å². The lowest BCUT2D eigenvalue weighted by Crippen LogP contribution is -2.30. The molecule has 0 unspecified atom stereocenters. The molecule has 24 heavy (non-hydrogen) atoms. The van der Waals surface area contributed by atoms with Gasteiger partial charge in [-0.15, -0.1) is 0 Å². The average molecular weight is 316 g/mol. The lowest BCUT2D eigenvalue weighted by Gasteiger charge is -2.31. The van der Waals surface area contributed by atoms with Crippen molar-refractivity contribution in [3.8, 4) is 17.2 Å². The van der Waals surface area contributed by atoms with Gasteiger partial charge in [0, 0.05) is 13.1 Å². The highest BCUT2D eigenvalue weighted by molar-refractivity contribution is 5.87. The normalized spacial score (nSPS) is 14.3. The zero-order chi connectivity index (χ0) is 17.1. The monoisotopic (exact) mass is 316 g/mol. The van der Waals surface area contributed by atoms with Crippen LogP contribution in [-0.2, 0) is 0 Å². The quantitative estimate of drug-likeness (QED) is 0.741. The summed E-state index contributed by atoms with van der Waals surface area (Å²) < 4.78 is 0. The van der Waals surface area contributed by atoms with E-state index in [9.17, 15) is 5.26 Å². The van der Waals surface area contributed by atoms with Gasteiger partial charge in [0.05, 0.1) is 11.3 Å². The van der Waals surface area contributed by atoms with E-state index in [1.54, 1.807) is 0 Å². The first kappa shape index (κ1) is 16.3. The van der Waals surface area contributed by atoms with Gasteiger partial charge in [-0.25, -0.2) is 0 Å². The molecular weight excluding hydrogens is 292 g/mol. The first-order valence-corrected chi connectivity index (χ1v) is 8.67. The van der Waals surface area contributed by atoms with Gasteiger partial charge in [-0.3, -0.25) is 0 Å². The Kier molecular flexibility index (Phi) is 4.71. The summed E-state index contributed by atoms with van der Waals surface area (Å²) in [6.45, 7) is 10.3. The minimum absolute atomic E-state index is 0.801. The van der Waals surface area contributed by atoms with Gasteiger partial charge in [0.15, 0.2) is 0 Å². The van der Waals surface area contributed by atoms with Crippen LogP contribution in [0.5, 0.6) is 0 Å². The number of piperidine rings is 1. The van der Waals surface area contributed by atoms with Crippen molar-refractivity contribution in [2.45, 2.75) is 33.1 Å². The van der Waals surface area contributed by atoms with Crippen LogP contribution in [0.3, 0.4) is 0 Å². The largest absolute Gasteiger partial charge is 0.370 e. The SMILES string of the molecule is C=C(C)c1c(-c2ccccc2)cc(N2CCCCC2)c(C#N)c1C. The molecule has 1 saturated heterocycles. The van der Waals surface area contributed by atoms with Crippen LogP contribution in [-0.4, -0.2) is 13.1 Å². The summed E-state index contributed by atoms with van der Waals surface area (Å²) in [5.41, 5.74) is 7.41. The van der Waals surface area contributed by atoms with Crippen molar-refractivity contribution >= 4 is 11.3 Å². The summed E-state index contributed by atoms with van der Waals surface area (Å²) in [6, 6.07) is 15.1. The highest BCUT2D eigenvalue weighted by Crippen LogP contribution is 2.38. The maximum absolute atomic E-state index is 9.79. The van der Waals surface area contributed by atoms with Crippen molar-refractivity contribution in [2.24, 2.45) is 0 Å². The number of allylic oxidation sites excluding steroid dienone is 1. The molecule has 3 rings (SSSR count). The molecule has 0 aliphatic carbocycles. The van der Waals surface area contributed by atoms with E-state index in [0.29, 0.717) is 0 Å². The van der Waals surface area contributed by atoms with Crippen LogP contribution in [0.4, 0.5) is 5.69 Å². The van der Waals surface area contributed by atoms with Crippen LogP contribution in [0.2, 0.25) is 0 Å². The number of rotatable bonds is 3. The molecule has 1 aliphatic rings. The second-order valence-corrected chi connectivity index (χ2v) is 6.62. The third-order valence-electron chi connectivity index (χ3n) is 4.88. The van der Waals surface area contributed by atoms with Crippen molar-refractivity contribution < 1.29 is 0 Å². The molecule has 1 fully saturated rings. The second-order valence-electron chi connectivity index (χ2n) is 6.62. The number of hydrogen-bond donors (Lipinski definition) is 0. The molecule has 0 radical (unpaired) electrons. The lowest BCUT2D eigenvalue weighted by atomic mass is 9.88. The fourth-order valence-corrected chi connectivity index (χ4v) is 3.72. The fourth-order valence-electron chi connectivity index (χ4n) is 3.72. The molecule has 2 heteroatoms. The smallest absolute Gasteiger partial charge is 0.102 e. The Hall–Kier alpha value is -2.53. The Morgan fingerprint density at radius 3 is 2.38 bits per heavy atom. The summed E-state index contributed by atoms with van der Waals surface area (Å²) in [6.07, 6.45) is 3.69. The minimum Gasteiger partial charge on any atom is -0.370 e. The van der Waals surface area contributed by atoms with Gasteiger partial charge >= 0.3 is 0 Å². The Morgan fingerprint density at radius 1 is 1.12 bits per heavy atom. The van der Waals surface area contributed by atoms with E-state index >= 15 is 0 Å². The Labute approximate surface area is 145 Å². The summed E-state index contributed by atoms with van der Waals surface area (Å²) in [5, 5.41) is 9.79. The molecule has 0 bridgehead atoms. The third kappa shape index (κ3) is 2.95. The first-order chi connectivity index (χ1) is 11.6. The van der Waals surface area contributed by atoms with Crippen molar-refractivity contribution in [1.29, 1.82) is 5.26 Å². The van der Waals surface area contributed by atoms with E-state index in [1.165, 1.54) is 30.4 Å². The molecule has 0 saturated carbocycles. The van der Waals surface area contributed by atoms with Crippen LogP contribution in [0.1, 0.15) is 42.9 Å². The predicted octanol–water partition coefficient (Wildman–Crippen LogP) is 5.56. The summed E-state index contributed by atoms with van der Waals surface area (Å²) in [7, 11) is 0. The Balaban J connectivity index is 2.25. The number of benzene rings is 2. The Bertz CT molecular complexity index is 791. The van der Waals surface area contributed by atoms with Gasteiger partial charge in [0.1, 0.15) is 6.07 Å². The highest BCUT2D eigenvalue weighted by atomic mass is 15.1. The van der Waals surface area contributed by atoms with E-state index in [-0.39, 0.29) is 0 Å². The van der Waals surface area contributed by atoms with E-state index < -0.39 is 0 Å². The van der Waals surface area contributed by atoms with Gasteiger partial charge in [0.2, 0.25) is 0 Å². The van der Waals surface area contributed by atoms with Crippen LogP contribution in [0.15, 0.2) is 43.0 Å². The van der Waals surface area contributed by atoms with Gasteiger partial charge in [-0.1, -0.05) is 42.5 Å². The molecule has 2 aromatic rings. The summed E-state index contributed by atoms with van der Waals surface area (Å²) in [5.74, 6) is 0. The minimum atomic E-state index is 0.801. The summed E-state index contributed by atoms with van der Waals surface area (Å²) >= 11 is 0. The molecule has 0 amide bonds. The molecule has 1 aliphatic heterocycles. The molecule has 1 heterocycles. The third-order valence-corrected chi connectivity index (χ3v) is 4.88. The molecule has 0 aromatic heterocycles. The van der Waals surface area contributed by atoms with Crippen LogP contribution >= 0.6 is 0 Å². The van der Waals surface area contributed by atoms with Crippen molar-refractivity contribution in [2.75, 3.05) is 18.0 Å². The summed E-state index contributed by atoms with van der Waals surface area (Å²) in [4.78, 5) is 2.38. The maximum atomic E-state index is 9.79. The van der Waals surface area contributed by atoms with E-state index in [0.717, 1.165) is 41.0 Å². The van der Waals surface area contributed by atoms with Crippen LogP contribution in [0, 0.1) is 18.3 Å². The van der Waals surface area contributed by atoms with E-state index in [4.69, 9.17) is 0 Å². The van der Waals surface area contributed by atoms with Crippen LogP contribution in [0.25, 0.3) is 16.7 Å². The van der Waals surface area contributed by atoms with Gasteiger partial charge in [-0.05, 0) is 61.4 Å². The molecule has 2 nitrogen and oxygen atoms in total. The fraction of sp³-hybridized carbons (Fsp3) is 0.318. The van der Waals surface area contributed by atoms with Gasteiger partial charge < -0.3 is 4.90 Å². The maximum Gasteiger partial charge on any atom is 0.102 e. The molecule has 0 atom stereocenters. The van der Waals surface area contributed by atoms with Crippen molar-refractivity contribution in [3.05, 3.63) is 59.7 Å².